The Morgan fingerprint density at radius 3 is 2.63 bits per heavy atom. The standard InChI is InChI=1S/C14H10FN3O/c15-10-5-3-9(4-6-10)12-8-13(19)18-14-11(17-12)2-1-7-16-14/h1-8,17H,(H,16,18,19). The number of pyridine rings is 1. The molecule has 0 fully saturated rings. The average molecular weight is 255 g/mol. The van der Waals surface area contributed by atoms with E-state index < -0.39 is 0 Å². The van der Waals surface area contributed by atoms with Gasteiger partial charge in [0.15, 0.2) is 5.82 Å². The number of carbonyl (C=O) groups is 1. The third-order valence-electron chi connectivity index (χ3n) is 2.75. The van der Waals surface area contributed by atoms with Crippen LogP contribution in [0.15, 0.2) is 48.7 Å². The Hall–Kier alpha value is -2.69. The Morgan fingerprint density at radius 2 is 1.84 bits per heavy atom. The van der Waals surface area contributed by atoms with Gasteiger partial charge in [0.1, 0.15) is 5.82 Å². The summed E-state index contributed by atoms with van der Waals surface area (Å²) < 4.78 is 12.9. The molecular weight excluding hydrogens is 245 g/mol. The quantitative estimate of drug-likeness (QED) is 0.823. The van der Waals surface area contributed by atoms with Crippen molar-refractivity contribution in [3.8, 4) is 0 Å². The molecule has 0 radical (unpaired) electrons. The molecule has 0 atom stereocenters. The molecule has 0 aliphatic carbocycles. The summed E-state index contributed by atoms with van der Waals surface area (Å²) in [6.45, 7) is 0. The first-order valence-electron chi connectivity index (χ1n) is 5.73. The second-order valence-electron chi connectivity index (χ2n) is 4.08. The topological polar surface area (TPSA) is 54.0 Å². The molecule has 2 N–H and O–H groups in total. The van der Waals surface area contributed by atoms with E-state index in [1.54, 1.807) is 24.4 Å². The first-order valence-corrected chi connectivity index (χ1v) is 5.73. The van der Waals surface area contributed by atoms with E-state index >= 15 is 0 Å². The monoisotopic (exact) mass is 255 g/mol. The number of nitrogens with one attached hydrogen (secondary N) is 2. The Morgan fingerprint density at radius 1 is 1.05 bits per heavy atom. The molecule has 0 saturated heterocycles. The van der Waals surface area contributed by atoms with Crippen molar-refractivity contribution in [1.82, 2.24) is 4.98 Å². The predicted octanol–water partition coefficient (Wildman–Crippen LogP) is 2.63. The van der Waals surface area contributed by atoms with Crippen molar-refractivity contribution < 1.29 is 9.18 Å². The van der Waals surface area contributed by atoms with Crippen LogP contribution in [0, 0.1) is 5.82 Å². The van der Waals surface area contributed by atoms with Crippen molar-refractivity contribution in [2.24, 2.45) is 0 Å². The molecule has 19 heavy (non-hydrogen) atoms. The van der Waals surface area contributed by atoms with Crippen LogP contribution in [0.5, 0.6) is 0 Å². The summed E-state index contributed by atoms with van der Waals surface area (Å²) in [5.41, 5.74) is 2.03. The Kier molecular flexibility index (Phi) is 2.72. The van der Waals surface area contributed by atoms with E-state index in [0.29, 0.717) is 17.2 Å². The van der Waals surface area contributed by atoms with E-state index in [4.69, 9.17) is 0 Å². The fraction of sp³-hybridized carbons (Fsp3) is 0. The second kappa shape index (κ2) is 4.53. The number of rotatable bonds is 1. The number of halogens is 1. The lowest BCUT2D eigenvalue weighted by Crippen LogP contribution is -2.08. The minimum atomic E-state index is -0.315. The molecule has 2 heterocycles. The predicted molar refractivity (Wildman–Crippen MR) is 70.9 cm³/mol. The first-order chi connectivity index (χ1) is 9.22. The summed E-state index contributed by atoms with van der Waals surface area (Å²) in [7, 11) is 0. The lowest BCUT2D eigenvalue weighted by Gasteiger charge is -2.10. The molecule has 0 bridgehead atoms. The van der Waals surface area contributed by atoms with Crippen LogP contribution in [0.25, 0.3) is 5.70 Å². The zero-order chi connectivity index (χ0) is 13.2. The number of nitrogens with zero attached hydrogens (tertiary/aromatic N) is 1. The fourth-order valence-corrected chi connectivity index (χ4v) is 1.86. The van der Waals surface area contributed by atoms with Gasteiger partial charge < -0.3 is 10.6 Å². The van der Waals surface area contributed by atoms with Crippen LogP contribution in [-0.2, 0) is 4.79 Å². The minimum absolute atomic E-state index is 0.274. The highest BCUT2D eigenvalue weighted by molar-refractivity contribution is 6.09. The van der Waals surface area contributed by atoms with Crippen molar-refractivity contribution in [2.75, 3.05) is 10.6 Å². The van der Waals surface area contributed by atoms with E-state index in [0.717, 1.165) is 5.56 Å². The normalized spacial score (nSPS) is 13.7. The molecule has 1 aromatic heterocycles. The number of carbonyl (C=O) groups excluding carboxylic acids is 1. The third-order valence-corrected chi connectivity index (χ3v) is 2.75. The van der Waals surface area contributed by atoms with E-state index in [9.17, 15) is 9.18 Å². The third kappa shape index (κ3) is 2.30. The number of hydrogen-bond donors (Lipinski definition) is 2. The molecule has 1 aromatic carbocycles. The molecule has 0 saturated carbocycles. The molecule has 3 rings (SSSR count). The Labute approximate surface area is 109 Å². The summed E-state index contributed by atoms with van der Waals surface area (Å²) >= 11 is 0. The molecular formula is C14H10FN3O. The lowest BCUT2D eigenvalue weighted by molar-refractivity contribution is -0.111. The van der Waals surface area contributed by atoms with Gasteiger partial charge in [0, 0.05) is 12.3 Å². The SMILES string of the molecule is O=C1C=C(c2ccc(F)cc2)Nc2cccnc2N1. The summed E-state index contributed by atoms with van der Waals surface area (Å²) in [4.78, 5) is 15.8. The highest BCUT2D eigenvalue weighted by Gasteiger charge is 2.14. The molecule has 1 amide bonds. The maximum atomic E-state index is 12.9. The zero-order valence-electron chi connectivity index (χ0n) is 9.85. The highest BCUT2D eigenvalue weighted by Crippen LogP contribution is 2.26. The summed E-state index contributed by atoms with van der Waals surface area (Å²) in [5, 5.41) is 5.79. The first kappa shape index (κ1) is 11.4. The number of benzene rings is 1. The molecule has 1 aliphatic rings. The number of amides is 1. The maximum absolute atomic E-state index is 12.9. The van der Waals surface area contributed by atoms with Crippen molar-refractivity contribution in [3.05, 3.63) is 60.1 Å². The maximum Gasteiger partial charge on any atom is 0.251 e. The van der Waals surface area contributed by atoms with Crippen LogP contribution in [0.4, 0.5) is 15.9 Å². The van der Waals surface area contributed by atoms with Crippen LogP contribution in [-0.4, -0.2) is 10.9 Å². The summed E-state index contributed by atoms with van der Waals surface area (Å²) in [6, 6.07) is 9.51. The molecule has 0 spiro atoms. The highest BCUT2D eigenvalue weighted by atomic mass is 19.1. The van der Waals surface area contributed by atoms with Gasteiger partial charge in [-0.05, 0) is 42.0 Å². The van der Waals surface area contributed by atoms with Gasteiger partial charge in [-0.1, -0.05) is 0 Å². The lowest BCUT2D eigenvalue weighted by atomic mass is 10.1. The smallest absolute Gasteiger partial charge is 0.251 e. The van der Waals surface area contributed by atoms with Gasteiger partial charge in [0.2, 0.25) is 0 Å². The van der Waals surface area contributed by atoms with Crippen LogP contribution in [0.2, 0.25) is 0 Å². The van der Waals surface area contributed by atoms with Crippen molar-refractivity contribution in [1.29, 1.82) is 0 Å². The van der Waals surface area contributed by atoms with Crippen LogP contribution in [0.1, 0.15) is 5.56 Å². The number of fused-ring (bicyclic) bond motifs is 1. The molecule has 5 heteroatoms. The molecule has 4 nitrogen and oxygen atoms in total. The molecule has 0 unspecified atom stereocenters. The Balaban J connectivity index is 2.03. The van der Waals surface area contributed by atoms with Gasteiger partial charge in [-0.15, -0.1) is 0 Å². The fourth-order valence-electron chi connectivity index (χ4n) is 1.86. The van der Waals surface area contributed by atoms with Crippen molar-refractivity contribution in [2.45, 2.75) is 0 Å². The van der Waals surface area contributed by atoms with Crippen LogP contribution in [0.3, 0.4) is 0 Å². The van der Waals surface area contributed by atoms with Crippen LogP contribution < -0.4 is 10.6 Å². The molecule has 2 aromatic rings. The molecule has 1 aliphatic heterocycles. The van der Waals surface area contributed by atoms with E-state index in [1.165, 1.54) is 18.2 Å². The van der Waals surface area contributed by atoms with E-state index in [2.05, 4.69) is 15.6 Å². The summed E-state index contributed by atoms with van der Waals surface area (Å²) in [5.74, 6) is -0.116. The van der Waals surface area contributed by atoms with Gasteiger partial charge >= 0.3 is 0 Å². The van der Waals surface area contributed by atoms with Gasteiger partial charge in [-0.3, -0.25) is 4.79 Å². The largest absolute Gasteiger partial charge is 0.352 e. The number of hydrogen-bond acceptors (Lipinski definition) is 3. The minimum Gasteiger partial charge on any atom is -0.352 e. The van der Waals surface area contributed by atoms with Gasteiger partial charge in [-0.2, -0.15) is 0 Å². The Bertz CT molecular complexity index is 665. The number of anilines is 2. The van der Waals surface area contributed by atoms with Crippen LogP contribution >= 0.6 is 0 Å². The summed E-state index contributed by atoms with van der Waals surface area (Å²) in [6.07, 6.45) is 3.03. The van der Waals surface area contributed by atoms with Crippen molar-refractivity contribution in [3.63, 3.8) is 0 Å². The van der Waals surface area contributed by atoms with E-state index in [-0.39, 0.29) is 11.7 Å². The second-order valence-corrected chi connectivity index (χ2v) is 4.08. The molecule has 94 valence electrons. The van der Waals surface area contributed by atoms with E-state index in [1.807, 2.05) is 6.07 Å². The average Bonchev–Trinajstić information content (AvgIpc) is 2.57. The zero-order valence-corrected chi connectivity index (χ0v) is 9.85. The number of aromatic nitrogens is 1. The van der Waals surface area contributed by atoms with Gasteiger partial charge in [0.25, 0.3) is 5.91 Å². The van der Waals surface area contributed by atoms with Gasteiger partial charge in [0.05, 0.1) is 11.4 Å². The van der Waals surface area contributed by atoms with Crippen molar-refractivity contribution >= 4 is 23.1 Å². The van der Waals surface area contributed by atoms with Gasteiger partial charge in [-0.25, -0.2) is 9.37 Å².